The molecule has 0 radical (unpaired) electrons. The maximum absolute atomic E-state index is 12.8. The molecule has 150 valence electrons. The van der Waals surface area contributed by atoms with Crippen LogP contribution in [0, 0.1) is 5.82 Å². The number of halogens is 1. The topological polar surface area (TPSA) is 70.6 Å². The van der Waals surface area contributed by atoms with Gasteiger partial charge in [-0.25, -0.2) is 9.82 Å². The van der Waals surface area contributed by atoms with E-state index in [4.69, 9.17) is 0 Å². The van der Waals surface area contributed by atoms with Crippen molar-refractivity contribution >= 4 is 18.0 Å². The first-order chi connectivity index (χ1) is 13.1. The van der Waals surface area contributed by atoms with Gasteiger partial charge in [-0.15, -0.1) is 0 Å². The molecule has 1 aromatic rings. The van der Waals surface area contributed by atoms with Crippen molar-refractivity contribution in [2.24, 2.45) is 5.10 Å². The molecule has 0 atom stereocenters. The number of hydrogen-bond donors (Lipinski definition) is 2. The fraction of sp³-hybridized carbons (Fsp3) is 0.571. The molecule has 6 heteroatoms. The van der Waals surface area contributed by atoms with Crippen LogP contribution in [0.2, 0.25) is 0 Å². The zero-order valence-corrected chi connectivity index (χ0v) is 16.3. The van der Waals surface area contributed by atoms with Crippen molar-refractivity contribution in [2.45, 2.75) is 71.1 Å². The van der Waals surface area contributed by atoms with Crippen molar-refractivity contribution in [3.63, 3.8) is 0 Å². The highest BCUT2D eigenvalue weighted by Crippen LogP contribution is 2.10. The van der Waals surface area contributed by atoms with E-state index < -0.39 is 5.91 Å². The molecule has 5 nitrogen and oxygen atoms in total. The second-order valence-corrected chi connectivity index (χ2v) is 6.70. The lowest BCUT2D eigenvalue weighted by Crippen LogP contribution is -2.34. The molecule has 0 saturated heterocycles. The quantitative estimate of drug-likeness (QED) is 0.288. The van der Waals surface area contributed by atoms with Crippen LogP contribution in [0.3, 0.4) is 0 Å². The summed E-state index contributed by atoms with van der Waals surface area (Å²) in [6.45, 7) is 2.12. The van der Waals surface area contributed by atoms with Crippen LogP contribution < -0.4 is 10.7 Å². The fourth-order valence-corrected chi connectivity index (χ4v) is 2.63. The highest BCUT2D eigenvalue weighted by atomic mass is 19.1. The third kappa shape index (κ3) is 12.7. The summed E-state index contributed by atoms with van der Waals surface area (Å²) >= 11 is 0. The summed E-state index contributed by atoms with van der Waals surface area (Å²) in [5, 5.41) is 6.36. The molecule has 0 bridgehead atoms. The summed E-state index contributed by atoms with van der Waals surface area (Å²) in [5.74, 6) is -0.838. The number of rotatable bonds is 14. The maximum atomic E-state index is 12.8. The van der Waals surface area contributed by atoms with E-state index in [1.54, 1.807) is 12.1 Å². The Bertz CT molecular complexity index is 573. The average Bonchev–Trinajstić information content (AvgIpc) is 2.66. The summed E-state index contributed by atoms with van der Waals surface area (Å²) in [6, 6.07) is 5.74. The van der Waals surface area contributed by atoms with E-state index in [0.717, 1.165) is 19.3 Å². The van der Waals surface area contributed by atoms with Gasteiger partial charge >= 0.3 is 0 Å². The Hall–Kier alpha value is -2.24. The van der Waals surface area contributed by atoms with Gasteiger partial charge in [-0.05, 0) is 24.1 Å². The van der Waals surface area contributed by atoms with Gasteiger partial charge in [0.1, 0.15) is 5.82 Å². The highest BCUT2D eigenvalue weighted by molar-refractivity contribution is 5.86. The first-order valence-corrected chi connectivity index (χ1v) is 9.96. The first kappa shape index (κ1) is 22.8. The Labute approximate surface area is 161 Å². The summed E-state index contributed by atoms with van der Waals surface area (Å²) in [6.07, 6.45) is 12.7. The lowest BCUT2D eigenvalue weighted by molar-refractivity contribution is -0.126. The minimum absolute atomic E-state index is 0.100. The third-order valence-electron chi connectivity index (χ3n) is 4.23. The number of unbranched alkanes of at least 4 members (excludes halogenated alkanes) is 8. The first-order valence-electron chi connectivity index (χ1n) is 9.96. The van der Waals surface area contributed by atoms with Crippen LogP contribution in [0.25, 0.3) is 0 Å². The van der Waals surface area contributed by atoms with Gasteiger partial charge in [0.2, 0.25) is 5.91 Å². The SMILES string of the molecule is CCCCCCCCCCCC(=O)NCC(=O)NN=Cc1ccc(F)cc1. The summed E-state index contributed by atoms with van der Waals surface area (Å²) in [7, 11) is 0. The Morgan fingerprint density at radius 3 is 2.15 bits per heavy atom. The van der Waals surface area contributed by atoms with Crippen molar-refractivity contribution in [3.05, 3.63) is 35.6 Å². The molecule has 0 fully saturated rings. The van der Waals surface area contributed by atoms with Gasteiger partial charge in [0.05, 0.1) is 12.8 Å². The van der Waals surface area contributed by atoms with E-state index in [2.05, 4.69) is 22.8 Å². The van der Waals surface area contributed by atoms with E-state index in [0.29, 0.717) is 12.0 Å². The van der Waals surface area contributed by atoms with Gasteiger partial charge in [0.15, 0.2) is 0 Å². The molecular weight excluding hydrogens is 345 g/mol. The van der Waals surface area contributed by atoms with E-state index in [-0.39, 0.29) is 18.3 Å². The molecule has 1 rings (SSSR count). The second kappa shape index (κ2) is 14.9. The van der Waals surface area contributed by atoms with Crippen LogP contribution in [-0.4, -0.2) is 24.6 Å². The number of carbonyl (C=O) groups excluding carboxylic acids is 2. The largest absolute Gasteiger partial charge is 0.347 e. The number of nitrogens with zero attached hydrogens (tertiary/aromatic N) is 1. The molecule has 27 heavy (non-hydrogen) atoms. The lowest BCUT2D eigenvalue weighted by atomic mass is 10.1. The Morgan fingerprint density at radius 2 is 1.52 bits per heavy atom. The number of carbonyl (C=O) groups is 2. The summed E-state index contributed by atoms with van der Waals surface area (Å²) < 4.78 is 12.8. The normalized spacial score (nSPS) is 10.9. The molecule has 0 aromatic heterocycles. The molecule has 0 aliphatic carbocycles. The Kier molecular flexibility index (Phi) is 12.6. The maximum Gasteiger partial charge on any atom is 0.259 e. The van der Waals surface area contributed by atoms with Gasteiger partial charge in [0.25, 0.3) is 5.91 Å². The molecule has 0 unspecified atom stereocenters. The lowest BCUT2D eigenvalue weighted by Gasteiger charge is -2.04. The van der Waals surface area contributed by atoms with E-state index in [9.17, 15) is 14.0 Å². The van der Waals surface area contributed by atoms with Crippen molar-refractivity contribution in [2.75, 3.05) is 6.54 Å². The zero-order chi connectivity index (χ0) is 19.7. The van der Waals surface area contributed by atoms with Crippen LogP contribution in [0.15, 0.2) is 29.4 Å². The number of amides is 2. The molecule has 0 saturated carbocycles. The number of benzene rings is 1. The van der Waals surface area contributed by atoms with Crippen molar-refractivity contribution < 1.29 is 14.0 Å². The van der Waals surface area contributed by atoms with Crippen molar-refractivity contribution in [1.82, 2.24) is 10.7 Å². The van der Waals surface area contributed by atoms with Gasteiger partial charge in [-0.3, -0.25) is 9.59 Å². The second-order valence-electron chi connectivity index (χ2n) is 6.70. The molecule has 1 aromatic carbocycles. The van der Waals surface area contributed by atoms with E-state index in [1.165, 1.54) is 56.9 Å². The molecule has 2 amide bonds. The number of nitrogens with one attached hydrogen (secondary N) is 2. The van der Waals surface area contributed by atoms with Crippen molar-refractivity contribution in [1.29, 1.82) is 0 Å². The third-order valence-corrected chi connectivity index (χ3v) is 4.23. The highest BCUT2D eigenvalue weighted by Gasteiger charge is 2.04. The molecule has 0 spiro atoms. The Balaban J connectivity index is 2.00. The predicted molar refractivity (Wildman–Crippen MR) is 107 cm³/mol. The van der Waals surface area contributed by atoms with Crippen LogP contribution >= 0.6 is 0 Å². The van der Waals surface area contributed by atoms with Gasteiger partial charge in [-0.2, -0.15) is 5.10 Å². The van der Waals surface area contributed by atoms with E-state index in [1.807, 2.05) is 0 Å². The molecule has 2 N–H and O–H groups in total. The minimum Gasteiger partial charge on any atom is -0.347 e. The zero-order valence-electron chi connectivity index (χ0n) is 16.3. The standard InChI is InChI=1S/C21H32FN3O2/c1-2-3-4-5-6-7-8-9-10-11-20(26)23-17-21(27)25-24-16-18-12-14-19(22)15-13-18/h12-16H,2-11,17H2,1H3,(H,23,26)(H,25,27). The smallest absolute Gasteiger partial charge is 0.259 e. The van der Waals surface area contributed by atoms with Gasteiger partial charge in [-0.1, -0.05) is 70.4 Å². The average molecular weight is 378 g/mol. The van der Waals surface area contributed by atoms with Crippen molar-refractivity contribution in [3.8, 4) is 0 Å². The van der Waals surface area contributed by atoms with Crippen LogP contribution in [-0.2, 0) is 9.59 Å². The molecule has 0 heterocycles. The van der Waals surface area contributed by atoms with Gasteiger partial charge in [0, 0.05) is 6.42 Å². The van der Waals surface area contributed by atoms with Crippen LogP contribution in [0.5, 0.6) is 0 Å². The number of hydrazone groups is 1. The monoisotopic (exact) mass is 377 g/mol. The summed E-state index contributed by atoms with van der Waals surface area (Å²) in [4.78, 5) is 23.3. The molecule has 0 aliphatic heterocycles. The van der Waals surface area contributed by atoms with E-state index >= 15 is 0 Å². The predicted octanol–water partition coefficient (Wildman–Crippen LogP) is 4.31. The molecule has 0 aliphatic rings. The van der Waals surface area contributed by atoms with Gasteiger partial charge < -0.3 is 5.32 Å². The molecular formula is C21H32FN3O2. The number of hydrogen-bond acceptors (Lipinski definition) is 3. The van der Waals surface area contributed by atoms with Crippen LogP contribution in [0.1, 0.15) is 76.7 Å². The minimum atomic E-state index is -0.395. The summed E-state index contributed by atoms with van der Waals surface area (Å²) in [5.41, 5.74) is 3.00. The fourth-order valence-electron chi connectivity index (χ4n) is 2.63. The van der Waals surface area contributed by atoms with Crippen LogP contribution in [0.4, 0.5) is 4.39 Å². The Morgan fingerprint density at radius 1 is 0.926 bits per heavy atom.